The van der Waals surface area contributed by atoms with E-state index in [2.05, 4.69) is 15.6 Å². The first-order valence-electron chi connectivity index (χ1n) is 6.47. The summed E-state index contributed by atoms with van der Waals surface area (Å²) < 4.78 is 27.7. The number of carbonyl (C=O) groups is 1. The third-order valence-corrected chi connectivity index (χ3v) is 3.57. The molecule has 2 aromatic rings. The molecule has 4 nitrogen and oxygen atoms in total. The molecule has 0 saturated carbocycles. The zero-order valence-electron chi connectivity index (χ0n) is 11.7. The molecule has 1 heterocycles. The minimum absolute atomic E-state index is 0.0834. The van der Waals surface area contributed by atoms with Crippen molar-refractivity contribution < 1.29 is 13.6 Å². The van der Waals surface area contributed by atoms with Crippen molar-refractivity contribution in [3.8, 4) is 0 Å². The molecule has 0 radical (unpaired) electrons. The average Bonchev–Trinajstić information content (AvgIpc) is 2.83. The fourth-order valence-corrected chi connectivity index (χ4v) is 2.39. The second-order valence-electron chi connectivity index (χ2n) is 4.49. The molecule has 0 aliphatic rings. The number of nitrogens with zero attached hydrogens (tertiary/aromatic N) is 1. The molecule has 2 rings (SSSR count). The SMILES string of the molecule is CCCNc1c(F)cc(C(=O)Nc2nc(C)cs2)cc1F. The van der Waals surface area contributed by atoms with Gasteiger partial charge in [0.25, 0.3) is 5.91 Å². The third kappa shape index (κ3) is 3.75. The summed E-state index contributed by atoms with van der Waals surface area (Å²) in [5.74, 6) is -2.17. The molecular weight excluding hydrogens is 296 g/mol. The summed E-state index contributed by atoms with van der Waals surface area (Å²) >= 11 is 1.25. The Morgan fingerprint density at radius 3 is 2.52 bits per heavy atom. The smallest absolute Gasteiger partial charge is 0.257 e. The van der Waals surface area contributed by atoms with Crippen LogP contribution >= 0.6 is 11.3 Å². The van der Waals surface area contributed by atoms with E-state index in [1.807, 2.05) is 6.92 Å². The quantitative estimate of drug-likeness (QED) is 0.883. The van der Waals surface area contributed by atoms with Gasteiger partial charge < -0.3 is 5.32 Å². The van der Waals surface area contributed by atoms with Gasteiger partial charge in [-0.3, -0.25) is 10.1 Å². The van der Waals surface area contributed by atoms with Crippen molar-refractivity contribution in [2.45, 2.75) is 20.3 Å². The Labute approximate surface area is 125 Å². The molecule has 7 heteroatoms. The molecule has 2 N–H and O–H groups in total. The molecule has 0 fully saturated rings. The molecule has 0 unspecified atom stereocenters. The standard InChI is InChI=1S/C14H15F2N3OS/c1-3-4-17-12-10(15)5-9(6-11(12)16)13(20)19-14-18-8(2)7-21-14/h5-7,17H,3-4H2,1-2H3,(H,18,19,20). The molecule has 0 aliphatic carbocycles. The highest BCUT2D eigenvalue weighted by Gasteiger charge is 2.15. The predicted octanol–water partition coefficient (Wildman–Crippen LogP) is 3.80. The number of aromatic nitrogens is 1. The lowest BCUT2D eigenvalue weighted by Gasteiger charge is -2.09. The zero-order chi connectivity index (χ0) is 15.4. The van der Waals surface area contributed by atoms with Crippen LogP contribution in [0.15, 0.2) is 17.5 Å². The summed E-state index contributed by atoms with van der Waals surface area (Å²) in [6, 6.07) is 2.02. The van der Waals surface area contributed by atoms with E-state index in [1.165, 1.54) is 11.3 Å². The number of amides is 1. The molecule has 112 valence electrons. The Kier molecular flexibility index (Phi) is 4.85. The fraction of sp³-hybridized carbons (Fsp3) is 0.286. The van der Waals surface area contributed by atoms with Crippen molar-refractivity contribution >= 4 is 28.1 Å². The first-order valence-corrected chi connectivity index (χ1v) is 7.35. The van der Waals surface area contributed by atoms with Gasteiger partial charge in [-0.2, -0.15) is 0 Å². The second-order valence-corrected chi connectivity index (χ2v) is 5.35. The van der Waals surface area contributed by atoms with Crippen LogP contribution in [0.1, 0.15) is 29.4 Å². The number of benzene rings is 1. The fourth-order valence-electron chi connectivity index (χ4n) is 1.70. The van der Waals surface area contributed by atoms with Gasteiger partial charge in [-0.15, -0.1) is 11.3 Å². The van der Waals surface area contributed by atoms with Crippen LogP contribution in [0, 0.1) is 18.6 Å². The Morgan fingerprint density at radius 1 is 1.33 bits per heavy atom. The van der Waals surface area contributed by atoms with Gasteiger partial charge in [0.2, 0.25) is 0 Å². The number of halogens is 2. The Bertz CT molecular complexity index is 634. The molecule has 0 bridgehead atoms. The molecule has 21 heavy (non-hydrogen) atoms. The van der Waals surface area contributed by atoms with Crippen LogP contribution in [0.4, 0.5) is 19.6 Å². The molecule has 0 spiro atoms. The van der Waals surface area contributed by atoms with E-state index in [9.17, 15) is 13.6 Å². The van der Waals surface area contributed by atoms with Gasteiger partial charge in [-0.05, 0) is 25.5 Å². The monoisotopic (exact) mass is 311 g/mol. The van der Waals surface area contributed by atoms with Gasteiger partial charge >= 0.3 is 0 Å². The van der Waals surface area contributed by atoms with E-state index in [0.29, 0.717) is 11.7 Å². The van der Waals surface area contributed by atoms with E-state index in [1.54, 1.807) is 12.3 Å². The lowest BCUT2D eigenvalue weighted by molar-refractivity contribution is 0.102. The van der Waals surface area contributed by atoms with Crippen LogP contribution in [0.25, 0.3) is 0 Å². The van der Waals surface area contributed by atoms with Crippen LogP contribution in [-0.4, -0.2) is 17.4 Å². The van der Waals surface area contributed by atoms with Crippen molar-refractivity contribution in [3.63, 3.8) is 0 Å². The summed E-state index contributed by atoms with van der Waals surface area (Å²) in [5.41, 5.74) is 0.477. The largest absolute Gasteiger partial charge is 0.380 e. The number of hydrogen-bond acceptors (Lipinski definition) is 4. The van der Waals surface area contributed by atoms with Gasteiger partial charge in [-0.25, -0.2) is 13.8 Å². The predicted molar refractivity (Wildman–Crippen MR) is 79.9 cm³/mol. The summed E-state index contributed by atoms with van der Waals surface area (Å²) in [5, 5.41) is 7.34. The van der Waals surface area contributed by atoms with E-state index in [-0.39, 0.29) is 11.3 Å². The highest BCUT2D eigenvalue weighted by molar-refractivity contribution is 7.13. The van der Waals surface area contributed by atoms with Crippen LogP contribution in [-0.2, 0) is 0 Å². The number of nitrogens with one attached hydrogen (secondary N) is 2. The maximum atomic E-state index is 13.8. The molecule has 1 amide bonds. The summed E-state index contributed by atoms with van der Waals surface area (Å²) in [6.07, 6.45) is 0.741. The molecular formula is C14H15F2N3OS. The number of thiazole rings is 1. The van der Waals surface area contributed by atoms with Crippen molar-refractivity contribution in [1.29, 1.82) is 0 Å². The van der Waals surface area contributed by atoms with Gasteiger partial charge in [0, 0.05) is 17.5 Å². The highest BCUT2D eigenvalue weighted by Crippen LogP contribution is 2.22. The Balaban J connectivity index is 2.18. The van der Waals surface area contributed by atoms with E-state index >= 15 is 0 Å². The number of rotatable bonds is 5. The van der Waals surface area contributed by atoms with Crippen molar-refractivity contribution in [3.05, 3.63) is 40.4 Å². The van der Waals surface area contributed by atoms with Gasteiger partial charge in [0.15, 0.2) is 5.13 Å². The molecule has 1 aromatic carbocycles. The van der Waals surface area contributed by atoms with Crippen LogP contribution < -0.4 is 10.6 Å². The lowest BCUT2D eigenvalue weighted by Crippen LogP contribution is -2.14. The van der Waals surface area contributed by atoms with Gasteiger partial charge in [0.05, 0.1) is 5.69 Å². The van der Waals surface area contributed by atoms with Crippen LogP contribution in [0.2, 0.25) is 0 Å². The highest BCUT2D eigenvalue weighted by atomic mass is 32.1. The van der Waals surface area contributed by atoms with Crippen LogP contribution in [0.5, 0.6) is 0 Å². The van der Waals surface area contributed by atoms with Crippen molar-refractivity contribution in [2.24, 2.45) is 0 Å². The second kappa shape index (κ2) is 6.62. The topological polar surface area (TPSA) is 54.0 Å². The van der Waals surface area contributed by atoms with Crippen LogP contribution in [0.3, 0.4) is 0 Å². The zero-order valence-corrected chi connectivity index (χ0v) is 12.5. The minimum atomic E-state index is -0.788. The Morgan fingerprint density at radius 2 is 2.00 bits per heavy atom. The molecule has 0 saturated heterocycles. The van der Waals surface area contributed by atoms with E-state index < -0.39 is 17.5 Å². The Hall–Kier alpha value is -2.02. The summed E-state index contributed by atoms with van der Waals surface area (Å²) in [7, 11) is 0. The number of carbonyl (C=O) groups excluding carboxylic acids is 1. The van der Waals surface area contributed by atoms with Crippen molar-refractivity contribution in [2.75, 3.05) is 17.2 Å². The minimum Gasteiger partial charge on any atom is -0.380 e. The number of hydrogen-bond donors (Lipinski definition) is 2. The first kappa shape index (κ1) is 15.4. The average molecular weight is 311 g/mol. The normalized spacial score (nSPS) is 10.5. The number of anilines is 2. The third-order valence-electron chi connectivity index (χ3n) is 2.70. The molecule has 1 aromatic heterocycles. The molecule has 0 aliphatic heterocycles. The van der Waals surface area contributed by atoms with E-state index in [4.69, 9.17) is 0 Å². The lowest BCUT2D eigenvalue weighted by atomic mass is 10.1. The van der Waals surface area contributed by atoms with Gasteiger partial charge in [-0.1, -0.05) is 6.92 Å². The van der Waals surface area contributed by atoms with Gasteiger partial charge in [0.1, 0.15) is 17.3 Å². The summed E-state index contributed by atoms with van der Waals surface area (Å²) in [6.45, 7) is 4.14. The maximum absolute atomic E-state index is 13.8. The van der Waals surface area contributed by atoms with Crippen molar-refractivity contribution in [1.82, 2.24) is 4.98 Å². The van der Waals surface area contributed by atoms with E-state index in [0.717, 1.165) is 24.2 Å². The maximum Gasteiger partial charge on any atom is 0.257 e. The number of aryl methyl sites for hydroxylation is 1. The molecule has 0 atom stereocenters. The summed E-state index contributed by atoms with van der Waals surface area (Å²) in [4.78, 5) is 16.0. The first-order chi connectivity index (χ1) is 10.0.